The maximum Gasteiger partial charge on any atom is 0.319 e. The number of benzene rings is 1. The molecule has 2 amide bonds. The Hall–Kier alpha value is -2.02. The van der Waals surface area contributed by atoms with Crippen LogP contribution in [0.4, 0.5) is 10.5 Å². The highest BCUT2D eigenvalue weighted by Crippen LogP contribution is 2.19. The minimum Gasteiger partial charge on any atom is -0.328 e. The second kappa shape index (κ2) is 7.84. The van der Waals surface area contributed by atoms with Gasteiger partial charge in [0, 0.05) is 11.4 Å². The van der Waals surface area contributed by atoms with Crippen molar-refractivity contribution in [2.45, 2.75) is 37.8 Å². The Kier molecular flexibility index (Phi) is 5.83. The summed E-state index contributed by atoms with van der Waals surface area (Å²) >= 11 is 1.87. The zero-order valence-electron chi connectivity index (χ0n) is 13.0. The molecule has 0 aliphatic heterocycles. The molecule has 22 heavy (non-hydrogen) atoms. The van der Waals surface area contributed by atoms with Gasteiger partial charge < -0.3 is 10.6 Å². The van der Waals surface area contributed by atoms with E-state index >= 15 is 0 Å². The number of hydrogen-bond donors (Lipinski definition) is 3. The summed E-state index contributed by atoms with van der Waals surface area (Å²) in [6.07, 6.45) is 1.42. The lowest BCUT2D eigenvalue weighted by Gasteiger charge is -2.13. The van der Waals surface area contributed by atoms with Gasteiger partial charge in [-0.25, -0.2) is 9.78 Å². The topological polar surface area (TPSA) is 82.7 Å². The maximum absolute atomic E-state index is 12.0. The summed E-state index contributed by atoms with van der Waals surface area (Å²) in [4.78, 5) is 16.0. The van der Waals surface area contributed by atoms with Gasteiger partial charge >= 0.3 is 6.03 Å². The van der Waals surface area contributed by atoms with Crippen LogP contribution < -0.4 is 10.6 Å². The van der Waals surface area contributed by atoms with E-state index in [4.69, 9.17) is 0 Å². The Bertz CT molecular complexity index is 600. The normalized spacial score (nSPS) is 12.2. The average molecular weight is 319 g/mol. The van der Waals surface area contributed by atoms with E-state index in [1.165, 1.54) is 11.9 Å². The molecule has 1 atom stereocenters. The minimum atomic E-state index is -0.266. The van der Waals surface area contributed by atoms with Gasteiger partial charge in [-0.1, -0.05) is 26.0 Å². The Morgan fingerprint density at radius 3 is 2.86 bits per heavy atom. The third-order valence-electron chi connectivity index (χ3n) is 2.96. The predicted molar refractivity (Wildman–Crippen MR) is 89.8 cm³/mol. The molecule has 0 unspecified atom stereocenters. The first kappa shape index (κ1) is 16.4. The number of nitrogens with zero attached hydrogens (tertiary/aromatic N) is 2. The lowest BCUT2D eigenvalue weighted by atomic mass is 10.2. The molecule has 1 aromatic heterocycles. The number of aromatic amines is 1. The van der Waals surface area contributed by atoms with Crippen molar-refractivity contribution in [2.75, 3.05) is 5.32 Å². The van der Waals surface area contributed by atoms with Crippen molar-refractivity contribution >= 4 is 23.5 Å². The maximum atomic E-state index is 12.0. The smallest absolute Gasteiger partial charge is 0.319 e. The van der Waals surface area contributed by atoms with Crippen molar-refractivity contribution < 1.29 is 4.79 Å². The molecule has 0 saturated carbocycles. The molecule has 2 rings (SSSR count). The summed E-state index contributed by atoms with van der Waals surface area (Å²) in [6.45, 7) is 6.19. The Morgan fingerprint density at radius 1 is 1.36 bits per heavy atom. The van der Waals surface area contributed by atoms with Gasteiger partial charge in [0.1, 0.15) is 12.2 Å². The van der Waals surface area contributed by atoms with E-state index in [-0.39, 0.29) is 12.1 Å². The number of thioether (sulfide) groups is 1. The molecular weight excluding hydrogens is 298 g/mol. The van der Waals surface area contributed by atoms with E-state index in [1.54, 1.807) is 0 Å². The molecule has 0 spiro atoms. The van der Waals surface area contributed by atoms with Crippen LogP contribution in [0.15, 0.2) is 30.6 Å². The highest BCUT2D eigenvalue weighted by molar-refractivity contribution is 7.99. The Morgan fingerprint density at radius 2 is 2.18 bits per heavy atom. The van der Waals surface area contributed by atoms with Gasteiger partial charge in [0.15, 0.2) is 0 Å². The van der Waals surface area contributed by atoms with Crippen LogP contribution in [0.3, 0.4) is 0 Å². The molecule has 0 saturated heterocycles. The number of rotatable bonds is 6. The van der Waals surface area contributed by atoms with Gasteiger partial charge in [-0.3, -0.25) is 5.10 Å². The third-order valence-corrected chi connectivity index (χ3v) is 4.13. The van der Waals surface area contributed by atoms with Gasteiger partial charge in [0.25, 0.3) is 0 Å². The number of amides is 2. The molecule has 0 radical (unpaired) electrons. The third kappa shape index (κ3) is 5.07. The molecule has 118 valence electrons. The van der Waals surface area contributed by atoms with Crippen molar-refractivity contribution in [3.63, 3.8) is 0 Å². The molecule has 0 bridgehead atoms. The van der Waals surface area contributed by atoms with Crippen LogP contribution in [0.1, 0.15) is 38.2 Å². The number of aromatic nitrogens is 3. The van der Waals surface area contributed by atoms with Gasteiger partial charge in [-0.15, -0.1) is 0 Å². The minimum absolute atomic E-state index is 0.234. The summed E-state index contributed by atoms with van der Waals surface area (Å²) in [7, 11) is 0. The van der Waals surface area contributed by atoms with Crippen molar-refractivity contribution in [3.05, 3.63) is 42.0 Å². The van der Waals surface area contributed by atoms with Crippen molar-refractivity contribution in [3.8, 4) is 0 Å². The zero-order valence-corrected chi connectivity index (χ0v) is 13.8. The first-order valence-electron chi connectivity index (χ1n) is 7.18. The monoisotopic (exact) mass is 319 g/mol. The van der Waals surface area contributed by atoms with Gasteiger partial charge in [-0.05, 0) is 29.9 Å². The number of carbonyl (C=O) groups is 1. The van der Waals surface area contributed by atoms with Gasteiger partial charge in [-0.2, -0.15) is 16.9 Å². The van der Waals surface area contributed by atoms with E-state index in [0.717, 1.165) is 11.4 Å². The van der Waals surface area contributed by atoms with Gasteiger partial charge in [0.2, 0.25) is 0 Å². The van der Waals surface area contributed by atoms with E-state index in [2.05, 4.69) is 45.7 Å². The van der Waals surface area contributed by atoms with Crippen LogP contribution >= 0.6 is 11.8 Å². The van der Waals surface area contributed by atoms with Crippen LogP contribution in [0.5, 0.6) is 0 Å². The Labute approximate surface area is 134 Å². The first-order chi connectivity index (χ1) is 10.5. The highest BCUT2D eigenvalue weighted by Gasteiger charge is 2.11. The summed E-state index contributed by atoms with van der Waals surface area (Å²) in [5.41, 5.74) is 1.98. The molecule has 6 nitrogen and oxygen atoms in total. The largest absolute Gasteiger partial charge is 0.328 e. The number of nitrogens with one attached hydrogen (secondary N) is 3. The summed E-state index contributed by atoms with van der Waals surface area (Å²) in [5.74, 6) is 1.56. The standard InChI is InChI=1S/C15H21N5OS/c1-10(2)22-8-12-5-4-6-13(7-12)19-15(21)18-11(3)14-16-9-17-20-14/h4-7,9-11H,8H2,1-3H3,(H,16,17,20)(H2,18,19,21)/t11-/m1/s1. The number of urea groups is 1. The van der Waals surface area contributed by atoms with Gasteiger partial charge in [0.05, 0.1) is 6.04 Å². The van der Waals surface area contributed by atoms with Crippen molar-refractivity contribution in [2.24, 2.45) is 0 Å². The molecule has 0 aliphatic rings. The number of hydrogen-bond acceptors (Lipinski definition) is 4. The van der Waals surface area contributed by atoms with Crippen LogP contribution in [-0.4, -0.2) is 26.5 Å². The van der Waals surface area contributed by atoms with Crippen molar-refractivity contribution in [1.29, 1.82) is 0 Å². The Balaban J connectivity index is 1.89. The SMILES string of the molecule is CC(C)SCc1cccc(NC(=O)N[C@H](C)c2ncn[nH]2)c1. The fraction of sp³-hybridized carbons (Fsp3) is 0.400. The average Bonchev–Trinajstić information content (AvgIpc) is 2.99. The van der Waals surface area contributed by atoms with E-state index < -0.39 is 0 Å². The first-order valence-corrected chi connectivity index (χ1v) is 8.23. The van der Waals surface area contributed by atoms with Crippen LogP contribution in [0, 0.1) is 0 Å². The lowest BCUT2D eigenvalue weighted by molar-refractivity contribution is 0.249. The van der Waals surface area contributed by atoms with E-state index in [1.807, 2.05) is 36.9 Å². The summed E-state index contributed by atoms with van der Waals surface area (Å²) < 4.78 is 0. The quantitative estimate of drug-likeness (QED) is 0.762. The number of anilines is 1. The molecule has 1 heterocycles. The van der Waals surface area contributed by atoms with E-state index in [0.29, 0.717) is 11.1 Å². The molecule has 0 fully saturated rings. The van der Waals surface area contributed by atoms with Crippen molar-refractivity contribution in [1.82, 2.24) is 20.5 Å². The molecule has 7 heteroatoms. The number of H-pyrrole nitrogens is 1. The second-order valence-corrected chi connectivity index (χ2v) is 6.82. The molecule has 2 aromatic rings. The second-order valence-electron chi connectivity index (χ2n) is 5.25. The molecular formula is C15H21N5OS. The summed E-state index contributed by atoms with van der Waals surface area (Å²) in [6, 6.07) is 7.39. The molecule has 3 N–H and O–H groups in total. The zero-order chi connectivity index (χ0) is 15.9. The predicted octanol–water partition coefficient (Wildman–Crippen LogP) is 3.33. The van der Waals surface area contributed by atoms with Crippen LogP contribution in [-0.2, 0) is 5.75 Å². The van der Waals surface area contributed by atoms with Crippen LogP contribution in [0.25, 0.3) is 0 Å². The van der Waals surface area contributed by atoms with Crippen LogP contribution in [0.2, 0.25) is 0 Å². The lowest BCUT2D eigenvalue weighted by Crippen LogP contribution is -2.31. The number of carbonyl (C=O) groups excluding carboxylic acids is 1. The fourth-order valence-corrected chi connectivity index (χ4v) is 2.56. The van der Waals surface area contributed by atoms with E-state index in [9.17, 15) is 4.79 Å². The molecule has 1 aromatic carbocycles. The fourth-order valence-electron chi connectivity index (χ4n) is 1.86. The highest BCUT2D eigenvalue weighted by atomic mass is 32.2. The summed E-state index contributed by atoms with van der Waals surface area (Å²) in [5, 5.41) is 12.7. The molecule has 0 aliphatic carbocycles.